The van der Waals surface area contributed by atoms with Gasteiger partial charge in [-0.2, -0.15) is 0 Å². The van der Waals surface area contributed by atoms with Crippen LogP contribution in [-0.2, 0) is 0 Å². The van der Waals surface area contributed by atoms with Crippen molar-refractivity contribution in [2.45, 2.75) is 38.2 Å². The van der Waals surface area contributed by atoms with Gasteiger partial charge in [0.15, 0.2) is 0 Å². The Labute approximate surface area is 138 Å². The van der Waals surface area contributed by atoms with Crippen LogP contribution in [0.1, 0.15) is 43.1 Å². The summed E-state index contributed by atoms with van der Waals surface area (Å²) in [5, 5.41) is 13.5. The normalized spacial score (nSPS) is 25.7. The van der Waals surface area contributed by atoms with Gasteiger partial charge in [0, 0.05) is 12.7 Å². The SMILES string of the molecule is CC1CCCC(O)(CNC(=O)c2ncc(Cl)c(Cl)c2Cl)C1. The Balaban J connectivity index is 2.04. The van der Waals surface area contributed by atoms with E-state index >= 15 is 0 Å². The molecule has 0 spiro atoms. The molecule has 1 saturated carbocycles. The summed E-state index contributed by atoms with van der Waals surface area (Å²) >= 11 is 17.6. The van der Waals surface area contributed by atoms with E-state index < -0.39 is 11.5 Å². The molecule has 7 heteroatoms. The quantitative estimate of drug-likeness (QED) is 0.872. The second-order valence-electron chi connectivity index (χ2n) is 5.69. The third kappa shape index (κ3) is 4.01. The van der Waals surface area contributed by atoms with E-state index in [2.05, 4.69) is 17.2 Å². The van der Waals surface area contributed by atoms with E-state index in [9.17, 15) is 9.90 Å². The first-order valence-electron chi connectivity index (χ1n) is 6.82. The second-order valence-corrected chi connectivity index (χ2v) is 6.85. The molecule has 2 rings (SSSR count). The van der Waals surface area contributed by atoms with Crippen LogP contribution in [0.25, 0.3) is 0 Å². The number of nitrogens with zero attached hydrogens (tertiary/aromatic N) is 1. The molecular formula is C14H17Cl3N2O2. The van der Waals surface area contributed by atoms with Crippen LogP contribution < -0.4 is 5.32 Å². The van der Waals surface area contributed by atoms with Crippen molar-refractivity contribution in [1.82, 2.24) is 10.3 Å². The first-order valence-corrected chi connectivity index (χ1v) is 7.96. The Kier molecular flexibility index (Phi) is 5.36. The van der Waals surface area contributed by atoms with Gasteiger partial charge in [-0.3, -0.25) is 4.79 Å². The first kappa shape index (κ1) is 16.8. The zero-order chi connectivity index (χ0) is 15.6. The highest BCUT2D eigenvalue weighted by atomic mass is 35.5. The summed E-state index contributed by atoms with van der Waals surface area (Å²) in [6.45, 7) is 2.28. The van der Waals surface area contributed by atoms with E-state index in [0.717, 1.165) is 12.8 Å². The molecule has 2 N–H and O–H groups in total. The molecule has 1 amide bonds. The Bertz CT molecular complexity index is 553. The predicted octanol–water partition coefficient (Wildman–Crippen LogP) is 3.71. The highest BCUT2D eigenvalue weighted by Crippen LogP contribution is 2.33. The van der Waals surface area contributed by atoms with Crippen molar-refractivity contribution in [3.8, 4) is 0 Å². The molecule has 1 aromatic rings. The minimum absolute atomic E-state index is 0.0125. The lowest BCUT2D eigenvalue weighted by Gasteiger charge is -2.35. The molecule has 21 heavy (non-hydrogen) atoms. The average Bonchev–Trinajstić information content (AvgIpc) is 2.42. The third-order valence-corrected chi connectivity index (χ3v) is 5.02. The molecule has 0 aromatic carbocycles. The van der Waals surface area contributed by atoms with Gasteiger partial charge in [0.25, 0.3) is 5.91 Å². The number of aliphatic hydroxyl groups is 1. The predicted molar refractivity (Wildman–Crippen MR) is 84.2 cm³/mol. The summed E-state index contributed by atoms with van der Waals surface area (Å²) in [5.41, 5.74) is -0.853. The van der Waals surface area contributed by atoms with E-state index in [1.165, 1.54) is 6.20 Å². The van der Waals surface area contributed by atoms with E-state index in [1.54, 1.807) is 0 Å². The minimum atomic E-state index is -0.865. The number of hydrogen-bond donors (Lipinski definition) is 2. The van der Waals surface area contributed by atoms with Gasteiger partial charge < -0.3 is 10.4 Å². The molecule has 1 aliphatic carbocycles. The fourth-order valence-electron chi connectivity index (χ4n) is 2.72. The maximum atomic E-state index is 12.1. The summed E-state index contributed by atoms with van der Waals surface area (Å²) in [4.78, 5) is 16.0. The van der Waals surface area contributed by atoms with Crippen molar-refractivity contribution < 1.29 is 9.90 Å². The summed E-state index contributed by atoms with van der Waals surface area (Å²) in [6, 6.07) is 0. The van der Waals surface area contributed by atoms with Crippen LogP contribution in [0.5, 0.6) is 0 Å². The number of amides is 1. The van der Waals surface area contributed by atoms with Crippen LogP contribution in [0.4, 0.5) is 0 Å². The molecular weight excluding hydrogens is 335 g/mol. The number of hydrogen-bond acceptors (Lipinski definition) is 3. The number of carbonyl (C=O) groups excluding carboxylic acids is 1. The number of carbonyl (C=O) groups is 1. The number of aromatic nitrogens is 1. The largest absolute Gasteiger partial charge is 0.388 e. The molecule has 0 saturated heterocycles. The van der Waals surface area contributed by atoms with Gasteiger partial charge >= 0.3 is 0 Å². The van der Waals surface area contributed by atoms with Crippen LogP contribution >= 0.6 is 34.8 Å². The van der Waals surface area contributed by atoms with Crippen LogP contribution in [0.3, 0.4) is 0 Å². The lowest BCUT2D eigenvalue weighted by atomic mass is 9.79. The van der Waals surface area contributed by atoms with Gasteiger partial charge in [0.05, 0.1) is 20.7 Å². The van der Waals surface area contributed by atoms with E-state index in [-0.39, 0.29) is 27.3 Å². The van der Waals surface area contributed by atoms with E-state index in [0.29, 0.717) is 18.8 Å². The van der Waals surface area contributed by atoms with Crippen molar-refractivity contribution in [2.75, 3.05) is 6.54 Å². The zero-order valence-electron chi connectivity index (χ0n) is 11.6. The zero-order valence-corrected chi connectivity index (χ0v) is 13.9. The molecule has 0 aliphatic heterocycles. The Hall–Kier alpha value is -0.550. The highest BCUT2D eigenvalue weighted by molar-refractivity contribution is 6.48. The standard InChI is InChI=1S/C14H17Cl3N2O2/c1-8-3-2-4-14(21,5-8)7-19-13(20)12-11(17)10(16)9(15)6-18-12/h6,8,21H,2-5,7H2,1H3,(H,19,20). The lowest BCUT2D eigenvalue weighted by molar-refractivity contribution is -0.0109. The maximum Gasteiger partial charge on any atom is 0.271 e. The van der Waals surface area contributed by atoms with E-state index in [1.807, 2.05) is 0 Å². The minimum Gasteiger partial charge on any atom is -0.388 e. The fourth-order valence-corrected chi connectivity index (χ4v) is 3.29. The van der Waals surface area contributed by atoms with Crippen molar-refractivity contribution in [3.63, 3.8) is 0 Å². The molecule has 1 fully saturated rings. The van der Waals surface area contributed by atoms with Crippen LogP contribution in [0, 0.1) is 5.92 Å². The average molecular weight is 352 g/mol. The van der Waals surface area contributed by atoms with Gasteiger partial charge in [-0.25, -0.2) is 4.98 Å². The van der Waals surface area contributed by atoms with Crippen LogP contribution in [0.2, 0.25) is 15.1 Å². The second kappa shape index (κ2) is 6.69. The third-order valence-electron chi connectivity index (χ3n) is 3.78. The van der Waals surface area contributed by atoms with Gasteiger partial charge in [-0.15, -0.1) is 0 Å². The van der Waals surface area contributed by atoms with Gasteiger partial charge in [-0.05, 0) is 18.8 Å². The van der Waals surface area contributed by atoms with Gasteiger partial charge in [0.2, 0.25) is 0 Å². The molecule has 116 valence electrons. The molecule has 0 bridgehead atoms. The van der Waals surface area contributed by atoms with Crippen molar-refractivity contribution in [3.05, 3.63) is 27.0 Å². The highest BCUT2D eigenvalue weighted by Gasteiger charge is 2.33. The molecule has 2 unspecified atom stereocenters. The van der Waals surface area contributed by atoms with Crippen LogP contribution in [-0.4, -0.2) is 28.1 Å². The number of nitrogens with one attached hydrogen (secondary N) is 1. The fraction of sp³-hybridized carbons (Fsp3) is 0.571. The van der Waals surface area contributed by atoms with Crippen molar-refractivity contribution in [1.29, 1.82) is 0 Å². The lowest BCUT2D eigenvalue weighted by Crippen LogP contribution is -2.46. The number of rotatable bonds is 3. The maximum absolute atomic E-state index is 12.1. The first-order chi connectivity index (χ1) is 9.82. The number of halogens is 3. The molecule has 4 nitrogen and oxygen atoms in total. The van der Waals surface area contributed by atoms with E-state index in [4.69, 9.17) is 34.8 Å². The molecule has 1 heterocycles. The smallest absolute Gasteiger partial charge is 0.271 e. The Morgan fingerprint density at radius 2 is 2.19 bits per heavy atom. The van der Waals surface area contributed by atoms with Crippen molar-refractivity contribution >= 4 is 40.7 Å². The topological polar surface area (TPSA) is 62.2 Å². The summed E-state index contributed by atoms with van der Waals surface area (Å²) < 4.78 is 0. The monoisotopic (exact) mass is 350 g/mol. The molecule has 1 aromatic heterocycles. The van der Waals surface area contributed by atoms with Gasteiger partial charge in [0.1, 0.15) is 5.69 Å². The van der Waals surface area contributed by atoms with Gasteiger partial charge in [-0.1, -0.05) is 54.6 Å². The van der Waals surface area contributed by atoms with Crippen molar-refractivity contribution in [2.24, 2.45) is 5.92 Å². The summed E-state index contributed by atoms with van der Waals surface area (Å²) in [7, 11) is 0. The molecule has 0 radical (unpaired) electrons. The molecule has 2 atom stereocenters. The Morgan fingerprint density at radius 1 is 1.48 bits per heavy atom. The summed E-state index contributed by atoms with van der Waals surface area (Å²) in [6.07, 6.45) is 4.70. The number of pyridine rings is 1. The summed E-state index contributed by atoms with van der Waals surface area (Å²) in [5.74, 6) is -0.0161. The Morgan fingerprint density at radius 3 is 2.86 bits per heavy atom. The molecule has 1 aliphatic rings. The van der Waals surface area contributed by atoms with Crippen LogP contribution in [0.15, 0.2) is 6.20 Å².